The number of likely N-dealkylation sites (N-methyl/N-ethyl adjacent to an activating group) is 1. The van der Waals surface area contributed by atoms with Crippen LogP contribution < -0.4 is 25.0 Å². The van der Waals surface area contributed by atoms with Crippen molar-refractivity contribution in [1.29, 1.82) is 0 Å². The Hall–Kier alpha value is -3.57. The zero-order chi connectivity index (χ0) is 27.5. The summed E-state index contributed by atoms with van der Waals surface area (Å²) in [6.45, 7) is 10.9. The van der Waals surface area contributed by atoms with Gasteiger partial charge in [-0.1, -0.05) is 0 Å². The second-order valence-corrected chi connectivity index (χ2v) is 12.9. The molecule has 2 heterocycles. The van der Waals surface area contributed by atoms with E-state index in [2.05, 4.69) is 48.2 Å². The quantitative estimate of drug-likeness (QED) is 0.379. The molecule has 0 amide bonds. The molecule has 0 bridgehead atoms. The molecule has 0 atom stereocenters. The van der Waals surface area contributed by atoms with Crippen molar-refractivity contribution < 1.29 is 13.2 Å². The molecule has 2 aromatic carbocycles. The van der Waals surface area contributed by atoms with Crippen LogP contribution in [-0.4, -0.2) is 68.4 Å². The number of hydrogen-bond acceptors (Lipinski definition) is 9. The molecule has 0 aliphatic carbocycles. The van der Waals surface area contributed by atoms with Crippen LogP contribution in [0.25, 0.3) is 0 Å². The average Bonchev–Trinajstić information content (AvgIpc) is 2.87. The molecular formula is C27H37N7O3S. The van der Waals surface area contributed by atoms with Crippen molar-refractivity contribution in [3.05, 3.63) is 54.2 Å². The van der Waals surface area contributed by atoms with Crippen LogP contribution in [0, 0.1) is 6.92 Å². The third-order valence-electron chi connectivity index (χ3n) is 6.46. The van der Waals surface area contributed by atoms with Gasteiger partial charge in [-0.05, 0) is 71.1 Å². The summed E-state index contributed by atoms with van der Waals surface area (Å²) >= 11 is 0. The predicted octanol–water partition coefficient (Wildman–Crippen LogP) is 4.57. The van der Waals surface area contributed by atoms with E-state index in [0.717, 1.165) is 54.6 Å². The number of nitrogens with one attached hydrogen (secondary N) is 3. The average molecular weight is 540 g/mol. The van der Waals surface area contributed by atoms with Crippen LogP contribution in [0.5, 0.6) is 5.75 Å². The first-order valence-corrected chi connectivity index (χ1v) is 14.0. The van der Waals surface area contributed by atoms with E-state index >= 15 is 0 Å². The molecule has 3 N–H and O–H groups in total. The van der Waals surface area contributed by atoms with Gasteiger partial charge in [0, 0.05) is 61.1 Å². The number of rotatable bonds is 8. The van der Waals surface area contributed by atoms with Gasteiger partial charge in [0.15, 0.2) is 0 Å². The number of sulfonamides is 1. The molecule has 1 aliphatic heterocycles. The lowest BCUT2D eigenvalue weighted by Crippen LogP contribution is -2.44. The molecule has 1 aromatic heterocycles. The smallest absolute Gasteiger partial charge is 0.237 e. The minimum atomic E-state index is -3.49. The Morgan fingerprint density at radius 1 is 0.921 bits per heavy atom. The zero-order valence-corrected chi connectivity index (χ0v) is 23.7. The minimum absolute atomic E-state index is 0.446. The summed E-state index contributed by atoms with van der Waals surface area (Å²) < 4.78 is 32.3. The maximum atomic E-state index is 12.4. The number of nitrogens with zero attached hydrogens (tertiary/aromatic N) is 4. The molecular weight excluding hydrogens is 502 g/mol. The molecule has 0 spiro atoms. The normalized spacial score (nSPS) is 14.7. The Morgan fingerprint density at radius 2 is 1.55 bits per heavy atom. The zero-order valence-electron chi connectivity index (χ0n) is 22.9. The van der Waals surface area contributed by atoms with Crippen LogP contribution in [0.3, 0.4) is 0 Å². The first-order chi connectivity index (χ1) is 17.9. The fourth-order valence-electron chi connectivity index (χ4n) is 3.89. The van der Waals surface area contributed by atoms with Gasteiger partial charge in [-0.3, -0.25) is 4.72 Å². The van der Waals surface area contributed by atoms with Crippen LogP contribution in [-0.2, 0) is 10.0 Å². The largest absolute Gasteiger partial charge is 0.495 e. The minimum Gasteiger partial charge on any atom is -0.495 e. The Morgan fingerprint density at radius 3 is 2.18 bits per heavy atom. The summed E-state index contributed by atoms with van der Waals surface area (Å²) in [5.74, 6) is 1.89. The Kier molecular flexibility index (Phi) is 7.98. The molecule has 1 saturated heterocycles. The number of aryl methyl sites for hydroxylation is 1. The highest BCUT2D eigenvalue weighted by Gasteiger charge is 2.28. The first-order valence-electron chi connectivity index (χ1n) is 12.6. The number of aromatic nitrogens is 2. The molecule has 11 heteroatoms. The summed E-state index contributed by atoms with van der Waals surface area (Å²) in [4.78, 5) is 13.7. The number of anilines is 6. The van der Waals surface area contributed by atoms with E-state index in [1.165, 1.54) is 0 Å². The molecule has 3 aromatic rings. The lowest BCUT2D eigenvalue weighted by molar-refractivity contribution is 0.311. The molecule has 4 rings (SSSR count). The molecule has 38 heavy (non-hydrogen) atoms. The second-order valence-electron chi connectivity index (χ2n) is 10.4. The maximum Gasteiger partial charge on any atom is 0.237 e. The highest BCUT2D eigenvalue weighted by Crippen LogP contribution is 2.33. The van der Waals surface area contributed by atoms with Crippen molar-refractivity contribution in [3.8, 4) is 5.75 Å². The summed E-state index contributed by atoms with van der Waals surface area (Å²) in [7, 11) is 0.327. The van der Waals surface area contributed by atoms with Gasteiger partial charge in [-0.15, -0.1) is 0 Å². The van der Waals surface area contributed by atoms with Gasteiger partial charge in [0.1, 0.15) is 11.6 Å². The van der Waals surface area contributed by atoms with E-state index in [0.29, 0.717) is 17.5 Å². The van der Waals surface area contributed by atoms with Crippen LogP contribution in [0.2, 0.25) is 0 Å². The van der Waals surface area contributed by atoms with Crippen molar-refractivity contribution in [1.82, 2.24) is 14.9 Å². The van der Waals surface area contributed by atoms with E-state index in [1.807, 2.05) is 19.1 Å². The number of benzene rings is 2. The van der Waals surface area contributed by atoms with Crippen LogP contribution in [0.15, 0.2) is 48.7 Å². The second kappa shape index (κ2) is 11.0. The first kappa shape index (κ1) is 27.5. The van der Waals surface area contributed by atoms with Crippen LogP contribution >= 0.6 is 0 Å². The lowest BCUT2D eigenvalue weighted by atomic mass is 10.2. The van der Waals surface area contributed by atoms with E-state index in [-0.39, 0.29) is 0 Å². The summed E-state index contributed by atoms with van der Waals surface area (Å²) in [5.41, 5.74) is 4.04. The van der Waals surface area contributed by atoms with Gasteiger partial charge < -0.3 is 25.2 Å². The molecule has 0 unspecified atom stereocenters. The van der Waals surface area contributed by atoms with Crippen molar-refractivity contribution in [3.63, 3.8) is 0 Å². The van der Waals surface area contributed by atoms with Gasteiger partial charge >= 0.3 is 0 Å². The molecule has 204 valence electrons. The lowest BCUT2D eigenvalue weighted by Gasteiger charge is -2.34. The Bertz CT molecular complexity index is 1360. The van der Waals surface area contributed by atoms with Gasteiger partial charge in [0.05, 0.1) is 17.5 Å². The molecule has 0 saturated carbocycles. The van der Waals surface area contributed by atoms with Gasteiger partial charge in [0.25, 0.3) is 0 Å². The fraction of sp³-hybridized carbons (Fsp3) is 0.407. The predicted molar refractivity (Wildman–Crippen MR) is 155 cm³/mol. The van der Waals surface area contributed by atoms with Crippen LogP contribution in [0.1, 0.15) is 26.3 Å². The number of piperazine rings is 1. The number of methoxy groups -OCH3 is 1. The van der Waals surface area contributed by atoms with Crippen molar-refractivity contribution >= 4 is 44.5 Å². The molecule has 10 nitrogen and oxygen atoms in total. The summed E-state index contributed by atoms with van der Waals surface area (Å²) in [6.07, 6.45) is 1.75. The highest BCUT2D eigenvalue weighted by atomic mass is 32.2. The van der Waals surface area contributed by atoms with E-state index < -0.39 is 14.8 Å². The third-order valence-corrected chi connectivity index (χ3v) is 8.57. The SMILES string of the molecule is COc1cc(Nc2ncc(C)c(Nc3ccc(NS(=O)(=O)C(C)(C)C)cc3)n2)ccc1N1CCN(C)CC1. The van der Waals surface area contributed by atoms with Crippen molar-refractivity contribution in [2.75, 3.05) is 60.6 Å². The monoisotopic (exact) mass is 539 g/mol. The van der Waals surface area contributed by atoms with Gasteiger partial charge in [-0.2, -0.15) is 4.98 Å². The molecule has 1 aliphatic rings. The number of ether oxygens (including phenoxy) is 1. The van der Waals surface area contributed by atoms with Gasteiger partial charge in [-0.25, -0.2) is 13.4 Å². The summed E-state index contributed by atoms with van der Waals surface area (Å²) in [6, 6.07) is 13.1. The van der Waals surface area contributed by atoms with E-state index in [1.54, 1.807) is 58.3 Å². The standard InChI is InChI=1S/C27H37N7O3S/c1-19-18-28-26(30-22-11-12-23(24(17-22)37-6)34-15-13-33(5)14-16-34)31-25(19)29-20-7-9-21(10-8-20)32-38(35,36)27(2,3)4/h7-12,17-18,32H,13-16H2,1-6H3,(H2,28,29,30,31). The van der Waals surface area contributed by atoms with E-state index in [9.17, 15) is 8.42 Å². The third kappa shape index (κ3) is 6.46. The Balaban J connectivity index is 1.46. The van der Waals surface area contributed by atoms with Crippen molar-refractivity contribution in [2.24, 2.45) is 0 Å². The fourth-order valence-corrected chi connectivity index (χ4v) is 4.64. The van der Waals surface area contributed by atoms with Crippen molar-refractivity contribution in [2.45, 2.75) is 32.4 Å². The van der Waals surface area contributed by atoms with Crippen LogP contribution in [0.4, 0.5) is 34.5 Å². The van der Waals surface area contributed by atoms with Gasteiger partial charge in [0.2, 0.25) is 16.0 Å². The Labute approximate surface area is 225 Å². The maximum absolute atomic E-state index is 12.4. The topological polar surface area (TPSA) is 112 Å². The number of hydrogen-bond donors (Lipinski definition) is 3. The van der Waals surface area contributed by atoms with E-state index in [4.69, 9.17) is 4.74 Å². The summed E-state index contributed by atoms with van der Waals surface area (Å²) in [5, 5.41) is 6.57. The molecule has 1 fully saturated rings. The highest BCUT2D eigenvalue weighted by molar-refractivity contribution is 7.94. The molecule has 0 radical (unpaired) electrons.